The highest BCUT2D eigenvalue weighted by atomic mass is 32.2. The number of hydrogen-bond donors (Lipinski definition) is 0. The third-order valence-electron chi connectivity index (χ3n) is 4.78. The molecular weight excluding hydrogens is 388 g/mol. The zero-order valence-corrected chi connectivity index (χ0v) is 16.9. The van der Waals surface area contributed by atoms with Gasteiger partial charge in [0.15, 0.2) is 0 Å². The fraction of sp³-hybridized carbons (Fsp3) is 0.227. The Kier molecular flexibility index (Phi) is 5.62. The normalized spacial score (nSPS) is 15.2. The molecule has 29 heavy (non-hydrogen) atoms. The Morgan fingerprint density at radius 2 is 1.52 bits per heavy atom. The van der Waals surface area contributed by atoms with Crippen LogP contribution in [0.5, 0.6) is 11.6 Å². The standard InChI is InChI=1S/C22H22N2O4S/c1-17-2-4-18(5-3-17)19-6-8-20(9-7-19)28-22-11-10-21(16-23-22)29(25,26)24-12-14-27-15-13-24/h2-11,16H,12-15H2,1H3. The molecule has 0 spiro atoms. The van der Waals surface area contributed by atoms with E-state index in [1.54, 1.807) is 6.07 Å². The van der Waals surface area contributed by atoms with E-state index in [1.165, 1.54) is 22.1 Å². The first-order valence-electron chi connectivity index (χ1n) is 9.41. The van der Waals surface area contributed by atoms with Gasteiger partial charge in [-0.15, -0.1) is 0 Å². The minimum Gasteiger partial charge on any atom is -0.439 e. The number of pyridine rings is 1. The summed E-state index contributed by atoms with van der Waals surface area (Å²) in [5.41, 5.74) is 3.45. The molecule has 0 unspecified atom stereocenters. The minimum atomic E-state index is -3.56. The summed E-state index contributed by atoms with van der Waals surface area (Å²) in [6.45, 7) is 3.59. The summed E-state index contributed by atoms with van der Waals surface area (Å²) in [6, 6.07) is 19.1. The number of morpholine rings is 1. The van der Waals surface area contributed by atoms with Crippen molar-refractivity contribution >= 4 is 10.0 Å². The van der Waals surface area contributed by atoms with E-state index in [1.807, 2.05) is 24.3 Å². The lowest BCUT2D eigenvalue weighted by atomic mass is 10.0. The molecule has 1 aliphatic rings. The predicted molar refractivity (Wildman–Crippen MR) is 111 cm³/mol. The smallest absolute Gasteiger partial charge is 0.244 e. The van der Waals surface area contributed by atoms with Gasteiger partial charge in [0, 0.05) is 19.2 Å². The van der Waals surface area contributed by atoms with Crippen LogP contribution in [-0.4, -0.2) is 44.0 Å². The van der Waals surface area contributed by atoms with Crippen molar-refractivity contribution < 1.29 is 17.9 Å². The van der Waals surface area contributed by atoms with Crippen LogP contribution in [0.2, 0.25) is 0 Å². The summed E-state index contributed by atoms with van der Waals surface area (Å²) in [7, 11) is -3.56. The van der Waals surface area contributed by atoms with Gasteiger partial charge in [0.05, 0.1) is 19.4 Å². The molecule has 2 aromatic carbocycles. The topological polar surface area (TPSA) is 68.7 Å². The summed E-state index contributed by atoms with van der Waals surface area (Å²) in [6.07, 6.45) is 1.33. The number of aryl methyl sites for hydroxylation is 1. The Balaban J connectivity index is 1.45. The minimum absolute atomic E-state index is 0.154. The van der Waals surface area contributed by atoms with Crippen LogP contribution < -0.4 is 4.74 Å². The van der Waals surface area contributed by atoms with Gasteiger partial charge in [-0.2, -0.15) is 4.31 Å². The highest BCUT2D eigenvalue weighted by Gasteiger charge is 2.26. The molecule has 0 amide bonds. The zero-order chi connectivity index (χ0) is 20.3. The molecule has 1 aromatic heterocycles. The largest absolute Gasteiger partial charge is 0.439 e. The molecule has 0 saturated carbocycles. The van der Waals surface area contributed by atoms with Crippen molar-refractivity contribution in [1.82, 2.24) is 9.29 Å². The molecule has 1 aliphatic heterocycles. The molecule has 1 saturated heterocycles. The second-order valence-corrected chi connectivity index (χ2v) is 8.78. The number of hydrogen-bond acceptors (Lipinski definition) is 5. The van der Waals surface area contributed by atoms with Gasteiger partial charge in [-0.3, -0.25) is 0 Å². The first kappa shape index (κ1) is 19.6. The molecule has 0 bridgehead atoms. The van der Waals surface area contributed by atoms with Crippen LogP contribution in [0.25, 0.3) is 11.1 Å². The van der Waals surface area contributed by atoms with Crippen molar-refractivity contribution in [3.05, 3.63) is 72.4 Å². The number of aromatic nitrogens is 1. The summed E-state index contributed by atoms with van der Waals surface area (Å²) in [4.78, 5) is 4.32. The van der Waals surface area contributed by atoms with Crippen molar-refractivity contribution in [3.63, 3.8) is 0 Å². The van der Waals surface area contributed by atoms with Crippen LogP contribution in [0.4, 0.5) is 0 Å². The molecule has 0 aliphatic carbocycles. The van der Waals surface area contributed by atoms with Gasteiger partial charge in [0.25, 0.3) is 0 Å². The van der Waals surface area contributed by atoms with E-state index in [-0.39, 0.29) is 4.90 Å². The zero-order valence-electron chi connectivity index (χ0n) is 16.1. The quantitative estimate of drug-likeness (QED) is 0.639. The van der Waals surface area contributed by atoms with Crippen molar-refractivity contribution in [2.45, 2.75) is 11.8 Å². The third kappa shape index (κ3) is 4.48. The van der Waals surface area contributed by atoms with Crippen molar-refractivity contribution in [2.24, 2.45) is 0 Å². The Bertz CT molecular complexity index is 1060. The van der Waals surface area contributed by atoms with E-state index < -0.39 is 10.0 Å². The molecule has 7 heteroatoms. The van der Waals surface area contributed by atoms with E-state index >= 15 is 0 Å². The van der Waals surface area contributed by atoms with E-state index in [9.17, 15) is 8.42 Å². The molecule has 3 aromatic rings. The third-order valence-corrected chi connectivity index (χ3v) is 6.66. The molecular formula is C22H22N2O4S. The Morgan fingerprint density at radius 3 is 2.10 bits per heavy atom. The van der Waals surface area contributed by atoms with Crippen LogP contribution in [0, 0.1) is 6.92 Å². The maximum Gasteiger partial charge on any atom is 0.244 e. The maximum absolute atomic E-state index is 12.6. The highest BCUT2D eigenvalue weighted by molar-refractivity contribution is 7.89. The van der Waals surface area contributed by atoms with Gasteiger partial charge in [-0.05, 0) is 36.2 Å². The van der Waals surface area contributed by atoms with Crippen molar-refractivity contribution in [3.8, 4) is 22.8 Å². The van der Waals surface area contributed by atoms with Gasteiger partial charge in [-0.25, -0.2) is 13.4 Å². The van der Waals surface area contributed by atoms with Crippen LogP contribution in [0.1, 0.15) is 5.56 Å². The maximum atomic E-state index is 12.6. The molecule has 2 heterocycles. The van der Waals surface area contributed by atoms with Gasteiger partial charge < -0.3 is 9.47 Å². The van der Waals surface area contributed by atoms with E-state index in [4.69, 9.17) is 9.47 Å². The molecule has 1 fully saturated rings. The molecule has 4 rings (SSSR count). The first-order valence-corrected chi connectivity index (χ1v) is 10.9. The number of sulfonamides is 1. The Labute approximate surface area is 170 Å². The van der Waals surface area contributed by atoms with Crippen LogP contribution >= 0.6 is 0 Å². The van der Waals surface area contributed by atoms with Gasteiger partial charge in [0.1, 0.15) is 10.6 Å². The number of nitrogens with zero attached hydrogens (tertiary/aromatic N) is 2. The van der Waals surface area contributed by atoms with Crippen molar-refractivity contribution in [2.75, 3.05) is 26.3 Å². The fourth-order valence-corrected chi connectivity index (χ4v) is 4.45. The Morgan fingerprint density at radius 1 is 0.897 bits per heavy atom. The number of rotatable bonds is 5. The lowest BCUT2D eigenvalue weighted by molar-refractivity contribution is 0.0730. The van der Waals surface area contributed by atoms with Crippen LogP contribution in [0.3, 0.4) is 0 Å². The van der Waals surface area contributed by atoms with E-state index in [2.05, 4.69) is 36.2 Å². The highest BCUT2D eigenvalue weighted by Crippen LogP contribution is 2.26. The predicted octanol–water partition coefficient (Wildman–Crippen LogP) is 3.87. The average Bonchev–Trinajstić information content (AvgIpc) is 2.76. The van der Waals surface area contributed by atoms with Crippen LogP contribution in [0.15, 0.2) is 71.8 Å². The van der Waals surface area contributed by atoms with Gasteiger partial charge >= 0.3 is 0 Å². The summed E-state index contributed by atoms with van der Waals surface area (Å²) < 4.78 is 37.7. The average molecular weight is 410 g/mol. The fourth-order valence-electron chi connectivity index (χ4n) is 3.10. The molecule has 150 valence electrons. The van der Waals surface area contributed by atoms with Crippen molar-refractivity contribution in [1.29, 1.82) is 0 Å². The number of benzene rings is 2. The summed E-state index contributed by atoms with van der Waals surface area (Å²) in [5.74, 6) is 0.978. The van der Waals surface area contributed by atoms with E-state index in [0.29, 0.717) is 37.9 Å². The second kappa shape index (κ2) is 8.32. The van der Waals surface area contributed by atoms with Gasteiger partial charge in [0.2, 0.25) is 15.9 Å². The first-order chi connectivity index (χ1) is 14.0. The summed E-state index contributed by atoms with van der Waals surface area (Å²) in [5, 5.41) is 0. The monoisotopic (exact) mass is 410 g/mol. The SMILES string of the molecule is Cc1ccc(-c2ccc(Oc3ccc(S(=O)(=O)N4CCOCC4)cn3)cc2)cc1. The number of ether oxygens (including phenoxy) is 2. The lowest BCUT2D eigenvalue weighted by Gasteiger charge is -2.25. The van der Waals surface area contributed by atoms with Crippen LogP contribution in [-0.2, 0) is 14.8 Å². The summed E-state index contributed by atoms with van der Waals surface area (Å²) >= 11 is 0. The van der Waals surface area contributed by atoms with E-state index in [0.717, 1.165) is 11.1 Å². The molecule has 0 radical (unpaired) electrons. The molecule has 0 atom stereocenters. The molecule has 6 nitrogen and oxygen atoms in total. The second-order valence-electron chi connectivity index (χ2n) is 6.84. The van der Waals surface area contributed by atoms with Gasteiger partial charge in [-0.1, -0.05) is 42.0 Å². The Hall–Kier alpha value is -2.74. The molecule has 0 N–H and O–H groups in total. The lowest BCUT2D eigenvalue weighted by Crippen LogP contribution is -2.40.